The van der Waals surface area contributed by atoms with E-state index in [1.54, 1.807) is 35.5 Å². The zero-order valence-corrected chi connectivity index (χ0v) is 47.5. The Bertz CT molecular complexity index is 3420. The molecular weight excluding hydrogens is 1210 g/mol. The van der Waals surface area contributed by atoms with E-state index in [0.717, 1.165) is 57.6 Å². The van der Waals surface area contributed by atoms with Crippen molar-refractivity contribution >= 4 is 45.2 Å². The Morgan fingerprint density at radius 2 is 0.526 bits per heavy atom. The Labute approximate surface area is 481 Å². The van der Waals surface area contributed by atoms with Crippen molar-refractivity contribution in [2.75, 3.05) is 35.5 Å². The van der Waals surface area contributed by atoms with Crippen LogP contribution in [0, 0.1) is 7.14 Å². The van der Waals surface area contributed by atoms with Crippen LogP contribution in [0.5, 0.6) is 86.2 Å². The van der Waals surface area contributed by atoms with Crippen molar-refractivity contribution in [2.24, 2.45) is 0 Å². The van der Waals surface area contributed by atoms with E-state index in [9.17, 15) is 0 Å². The van der Waals surface area contributed by atoms with Gasteiger partial charge in [0.15, 0.2) is 0 Å². The van der Waals surface area contributed by atoms with Gasteiger partial charge in [0, 0.05) is 26.2 Å². The molecule has 0 atom stereocenters. The molecule has 10 aromatic rings. The molecule has 0 heterocycles. The molecule has 0 radical (unpaired) electrons. The van der Waals surface area contributed by atoms with Crippen LogP contribution in [-0.2, 0) is 0 Å². The zero-order valence-electron chi connectivity index (χ0n) is 43.2. The summed E-state index contributed by atoms with van der Waals surface area (Å²) in [6.45, 7) is 0. The van der Waals surface area contributed by atoms with E-state index in [1.165, 1.54) is 0 Å². The lowest BCUT2D eigenvalue weighted by Gasteiger charge is -2.28. The highest BCUT2D eigenvalue weighted by molar-refractivity contribution is 14.1. The summed E-state index contributed by atoms with van der Waals surface area (Å²) in [4.78, 5) is 0. The van der Waals surface area contributed by atoms with E-state index < -0.39 is 5.92 Å². The van der Waals surface area contributed by atoms with Crippen molar-refractivity contribution in [3.05, 3.63) is 242 Å². The van der Waals surface area contributed by atoms with Crippen molar-refractivity contribution in [1.82, 2.24) is 0 Å². The largest absolute Gasteiger partial charge is 0.497 e. The summed E-state index contributed by atoms with van der Waals surface area (Å²) in [6.07, 6.45) is 0. The van der Waals surface area contributed by atoms with Gasteiger partial charge in [-0.15, -0.1) is 0 Å². The second kappa shape index (κ2) is 24.8. The first-order valence-electron chi connectivity index (χ1n) is 24.7. The SMILES string of the molecule is COc1ccc(Oc2ccc(-c3ccc(Oc4ccc(OC)cc4)c(C(c4cc(-c5ccc(Oc6ccc(OC)cc6)cc5)ccc4Oc4ccc(OC)cc4)c4cc(I)cc(I)c4Oc4ccc(OC)cc4)c3)cc2)cc1. The third-order valence-electron chi connectivity index (χ3n) is 12.8. The molecule has 390 valence electrons. The Kier molecular flexibility index (Phi) is 16.9. The van der Waals surface area contributed by atoms with Gasteiger partial charge in [-0.1, -0.05) is 36.4 Å². The van der Waals surface area contributed by atoms with Crippen LogP contribution in [0.2, 0.25) is 0 Å². The molecule has 78 heavy (non-hydrogen) atoms. The molecule has 0 fully saturated rings. The fraction of sp³-hybridized carbons (Fsp3) is 0.0909. The molecule has 0 aromatic heterocycles. The van der Waals surface area contributed by atoms with Crippen molar-refractivity contribution in [2.45, 2.75) is 5.92 Å². The van der Waals surface area contributed by atoms with E-state index in [2.05, 4.69) is 106 Å². The quantitative estimate of drug-likeness (QED) is 0.0543. The van der Waals surface area contributed by atoms with Gasteiger partial charge in [-0.2, -0.15) is 0 Å². The van der Waals surface area contributed by atoms with Crippen molar-refractivity contribution in [3.8, 4) is 108 Å². The van der Waals surface area contributed by atoms with Crippen molar-refractivity contribution in [3.63, 3.8) is 0 Å². The van der Waals surface area contributed by atoms with Crippen LogP contribution >= 0.6 is 45.2 Å². The van der Waals surface area contributed by atoms with E-state index >= 15 is 0 Å². The molecule has 0 aliphatic carbocycles. The summed E-state index contributed by atoms with van der Waals surface area (Å²) in [5, 5.41) is 0. The number of benzene rings is 10. The Hall–Kier alpha value is -8.34. The van der Waals surface area contributed by atoms with E-state index in [0.29, 0.717) is 74.7 Å². The minimum absolute atomic E-state index is 0.610. The Morgan fingerprint density at radius 3 is 0.846 bits per heavy atom. The predicted molar refractivity (Wildman–Crippen MR) is 322 cm³/mol. The molecule has 0 spiro atoms. The van der Waals surface area contributed by atoms with Crippen LogP contribution < -0.4 is 47.4 Å². The maximum atomic E-state index is 7.05. The molecule has 12 heteroatoms. The molecule has 0 saturated carbocycles. The van der Waals surface area contributed by atoms with Crippen LogP contribution in [0.3, 0.4) is 0 Å². The third kappa shape index (κ3) is 12.7. The zero-order chi connectivity index (χ0) is 54.0. The monoisotopic (exact) mass is 1260 g/mol. The standard InChI is InChI=1S/C66H52I2O10/c1-69-47-16-26-54(27-17-47)74-52-12-6-42(7-13-52)44-10-36-63(76-56-30-20-49(71-3)21-31-56)59(38-44)65(61-40-46(67)41-62(68)66(61)78-58-34-24-51(73-5)25-35-58)60-39-45(11-37-64(60)77-57-32-22-50(72-4)23-33-57)43-8-14-53(15-9-43)75-55-28-18-48(70-2)19-29-55/h6-41,65H,1-5H3. The molecule has 0 unspecified atom stereocenters. The van der Waals surface area contributed by atoms with Gasteiger partial charge in [-0.05, 0) is 249 Å². The summed E-state index contributed by atoms with van der Waals surface area (Å²) in [5.74, 6) is 9.55. The van der Waals surface area contributed by atoms with Gasteiger partial charge in [-0.3, -0.25) is 0 Å². The lowest BCUT2D eigenvalue weighted by Crippen LogP contribution is -2.10. The molecule has 0 N–H and O–H groups in total. The summed E-state index contributed by atoms with van der Waals surface area (Å²) < 4.78 is 62.9. The molecule has 0 amide bonds. The van der Waals surface area contributed by atoms with Gasteiger partial charge < -0.3 is 47.4 Å². The summed E-state index contributed by atoms with van der Waals surface area (Å²) >= 11 is 4.77. The van der Waals surface area contributed by atoms with Crippen LogP contribution in [0.25, 0.3) is 22.3 Å². The predicted octanol–water partition coefficient (Wildman–Crippen LogP) is 18.4. The van der Waals surface area contributed by atoms with Gasteiger partial charge in [0.25, 0.3) is 0 Å². The van der Waals surface area contributed by atoms with Crippen LogP contribution in [0.4, 0.5) is 0 Å². The minimum atomic E-state index is -0.613. The topological polar surface area (TPSA) is 92.3 Å². The second-order valence-corrected chi connectivity index (χ2v) is 20.1. The molecule has 10 nitrogen and oxygen atoms in total. The normalized spacial score (nSPS) is 10.9. The van der Waals surface area contributed by atoms with Gasteiger partial charge in [0.05, 0.1) is 39.1 Å². The number of ether oxygens (including phenoxy) is 10. The number of hydrogen-bond donors (Lipinski definition) is 0. The first-order valence-corrected chi connectivity index (χ1v) is 26.9. The fourth-order valence-corrected chi connectivity index (χ4v) is 10.8. The fourth-order valence-electron chi connectivity index (χ4n) is 8.79. The minimum Gasteiger partial charge on any atom is -0.497 e. The van der Waals surface area contributed by atoms with E-state index in [1.807, 2.05) is 158 Å². The molecule has 10 rings (SSSR count). The molecule has 0 aliphatic rings. The van der Waals surface area contributed by atoms with E-state index in [-0.39, 0.29) is 0 Å². The third-order valence-corrected chi connectivity index (χ3v) is 14.2. The van der Waals surface area contributed by atoms with Crippen molar-refractivity contribution in [1.29, 1.82) is 0 Å². The van der Waals surface area contributed by atoms with Crippen molar-refractivity contribution < 1.29 is 47.4 Å². The van der Waals surface area contributed by atoms with Gasteiger partial charge >= 0.3 is 0 Å². The number of methoxy groups -OCH3 is 5. The lowest BCUT2D eigenvalue weighted by molar-refractivity contribution is 0.412. The maximum Gasteiger partial charge on any atom is 0.144 e. The molecular formula is C66H52I2O10. The summed E-state index contributed by atoms with van der Waals surface area (Å²) in [7, 11) is 8.23. The lowest BCUT2D eigenvalue weighted by atomic mass is 9.81. The second-order valence-electron chi connectivity index (χ2n) is 17.7. The Balaban J connectivity index is 1.18. The number of rotatable bonds is 20. The smallest absolute Gasteiger partial charge is 0.144 e. The van der Waals surface area contributed by atoms with Gasteiger partial charge in [0.2, 0.25) is 0 Å². The maximum absolute atomic E-state index is 7.05. The van der Waals surface area contributed by atoms with Gasteiger partial charge in [-0.25, -0.2) is 0 Å². The Morgan fingerprint density at radius 1 is 0.256 bits per heavy atom. The highest BCUT2D eigenvalue weighted by atomic mass is 127. The molecule has 0 aliphatic heterocycles. The van der Waals surface area contributed by atoms with E-state index in [4.69, 9.17) is 47.4 Å². The number of hydrogen-bond acceptors (Lipinski definition) is 10. The summed E-state index contributed by atoms with van der Waals surface area (Å²) in [5.41, 5.74) is 6.32. The number of halogens is 2. The van der Waals surface area contributed by atoms with Crippen LogP contribution in [-0.4, -0.2) is 35.5 Å². The van der Waals surface area contributed by atoms with Crippen LogP contribution in [0.1, 0.15) is 22.6 Å². The van der Waals surface area contributed by atoms with Gasteiger partial charge in [0.1, 0.15) is 86.2 Å². The highest BCUT2D eigenvalue weighted by Gasteiger charge is 2.31. The highest BCUT2D eigenvalue weighted by Crippen LogP contribution is 2.50. The average Bonchev–Trinajstić information content (AvgIpc) is 3.51. The molecule has 10 aromatic carbocycles. The average molecular weight is 1260 g/mol. The summed E-state index contributed by atoms with van der Waals surface area (Å²) in [6, 6.07) is 70.8. The van der Waals surface area contributed by atoms with Crippen LogP contribution in [0.15, 0.2) is 218 Å². The molecule has 0 saturated heterocycles. The first-order chi connectivity index (χ1) is 38.1. The first kappa shape index (κ1) is 53.1. The molecule has 0 bridgehead atoms.